The summed E-state index contributed by atoms with van der Waals surface area (Å²) < 4.78 is 97.0. The number of fused-ring (bicyclic) bond motifs is 2. The number of ether oxygens (including phenoxy) is 7. The first-order chi connectivity index (χ1) is 53.6. The van der Waals surface area contributed by atoms with Gasteiger partial charge in [0.25, 0.3) is 0 Å². The molecule has 2 aromatic heterocycles. The van der Waals surface area contributed by atoms with Crippen molar-refractivity contribution in [3.05, 3.63) is 253 Å². The summed E-state index contributed by atoms with van der Waals surface area (Å²) in [6, 6.07) is 57.4. The number of piperazine rings is 4. The quantitative estimate of drug-likeness (QED) is 0.0424. The SMILES string of the molecule is COc1ccc(S(=O)(=O)N2CCN(C[C@@H](O)COc3cccc4ncccc34)CC2C(=O)N2CCN(C(c3ccccc3)c3ccccc3)CC2)cc1OC.COc1ccc(S(=O)(=O)N2CCNCC2C(=O)N2CCN(C(C3=CC=[C+]C=C3)c3ccccc3)CC2)cc1OC.c1cc(OC[C@@H]2CO2)c2cccnc2c1. The van der Waals surface area contributed by atoms with Gasteiger partial charge in [-0.2, -0.15) is 8.61 Å². The highest BCUT2D eigenvalue weighted by molar-refractivity contribution is 7.89. The number of methoxy groups -OCH3 is 4. The monoisotopic (exact) mass is 1530 g/mol. The fraction of sp³-hybridized carbons (Fsp3) is 0.333. The lowest BCUT2D eigenvalue weighted by molar-refractivity contribution is -0.139. The molecule has 5 atom stereocenters. The molecule has 5 aliphatic heterocycles. The Balaban J connectivity index is 0.000000167. The second-order valence-electron chi connectivity index (χ2n) is 27.2. The number of aromatic nitrogens is 2. The molecule has 0 radical (unpaired) electrons. The second-order valence-corrected chi connectivity index (χ2v) is 31.0. The average Bonchev–Trinajstić information content (AvgIpc) is 1.04. The van der Waals surface area contributed by atoms with Gasteiger partial charge in [-0.25, -0.2) is 16.8 Å². The number of hydrogen-bond donors (Lipinski definition) is 2. The van der Waals surface area contributed by atoms with Crippen LogP contribution in [0.5, 0.6) is 34.5 Å². The highest BCUT2D eigenvalue weighted by Crippen LogP contribution is 2.37. The van der Waals surface area contributed by atoms with Crippen molar-refractivity contribution in [2.24, 2.45) is 0 Å². The van der Waals surface area contributed by atoms with Crippen LogP contribution in [0.3, 0.4) is 0 Å². The number of nitrogens with one attached hydrogen (secondary N) is 1. The number of rotatable bonds is 24. The van der Waals surface area contributed by atoms with Gasteiger partial charge in [-0.15, -0.1) is 0 Å². The van der Waals surface area contributed by atoms with E-state index in [1.165, 1.54) is 83.6 Å². The van der Waals surface area contributed by atoms with Crippen molar-refractivity contribution < 1.29 is 64.7 Å². The molecule has 574 valence electrons. The number of carbonyl (C=O) groups is 2. The van der Waals surface area contributed by atoms with E-state index in [4.69, 9.17) is 33.2 Å². The lowest BCUT2D eigenvalue weighted by atomic mass is 9.94. The van der Waals surface area contributed by atoms with Crippen LogP contribution in [-0.2, 0) is 34.4 Å². The Labute approximate surface area is 643 Å². The fourth-order valence-corrected chi connectivity index (χ4v) is 17.9. The van der Waals surface area contributed by atoms with Crippen LogP contribution in [0.25, 0.3) is 21.8 Å². The van der Waals surface area contributed by atoms with Crippen LogP contribution in [0.1, 0.15) is 28.8 Å². The molecule has 6 aliphatic rings. The molecular formula is C84H93N10O14S2+. The first kappa shape index (κ1) is 77.9. The standard InChI is InChI=1S/C42H47N5O7S.C30H35N4O5S.C12H11NO2/c1-52-39-19-18-34(27-40(39)53-2)55(50,51)47-26-21-44(28-33(48)30-54-38-17-9-16-36-35(38)15-10-20-43-36)29-37(47)42(49)46-24-22-45(23-25-46)41(31-11-5-3-6-12-31)32-13-7-4-8-14-32;1-38-27-14-13-25(21-28(27)39-2)40(36,37)34-16-15-31-22-26(34)30(35)33-19-17-32(18-20-33)29(23-9-5-3-6-10-23)24-11-7-4-8-12-24;1-4-11-10(3-2-6-13-11)12(5-1)15-8-9-7-14-9/h3-20,27,33,37,41,48H,21-26,28-30H2,1-2H3;3,5-14,21,26,29,31H,15-20,22H2,1-2H3;1-6,9H,7-8H2/q;+1;/t33-,37?;;9-/m1.0/s1. The molecule has 7 heterocycles. The zero-order chi connectivity index (χ0) is 76.6. The number of benzene rings is 7. The summed E-state index contributed by atoms with van der Waals surface area (Å²) >= 11 is 0. The molecule has 2 amide bonds. The second kappa shape index (κ2) is 36.6. The molecule has 5 saturated heterocycles. The molecule has 26 heteroatoms. The van der Waals surface area contributed by atoms with Crippen LogP contribution in [0, 0.1) is 6.08 Å². The summed E-state index contributed by atoms with van der Waals surface area (Å²) in [5, 5.41) is 16.3. The van der Waals surface area contributed by atoms with Gasteiger partial charge in [0, 0.05) is 140 Å². The molecular weight excluding hydrogens is 1440 g/mol. The zero-order valence-corrected chi connectivity index (χ0v) is 63.8. The third kappa shape index (κ3) is 18.5. The Bertz CT molecular complexity index is 4880. The molecule has 0 bridgehead atoms. The Kier molecular flexibility index (Phi) is 25.9. The summed E-state index contributed by atoms with van der Waals surface area (Å²) in [4.78, 5) is 47.4. The lowest BCUT2D eigenvalue weighted by Crippen LogP contribution is -2.63. The smallest absolute Gasteiger partial charge is 0.244 e. The Hall–Kier alpha value is -10.2. The van der Waals surface area contributed by atoms with Gasteiger partial charge in [-0.3, -0.25) is 34.3 Å². The molecule has 1 aliphatic carbocycles. The number of β-amino-alcohol motifs (C(OH)–C–C–N with tert-alkyl or cyclic N) is 1. The largest absolute Gasteiger partial charge is 0.493 e. The predicted octanol–water partition coefficient (Wildman–Crippen LogP) is 8.72. The van der Waals surface area contributed by atoms with E-state index in [1.807, 2.05) is 132 Å². The number of aliphatic hydroxyl groups excluding tert-OH is 1. The van der Waals surface area contributed by atoms with Gasteiger partial charge < -0.3 is 53.4 Å². The topological polar surface area (TPSA) is 251 Å². The number of nitrogens with zero attached hydrogens (tertiary/aromatic N) is 9. The van der Waals surface area contributed by atoms with Gasteiger partial charge in [0.2, 0.25) is 31.9 Å². The molecule has 15 rings (SSSR count). The predicted molar refractivity (Wildman–Crippen MR) is 419 cm³/mol. The van der Waals surface area contributed by atoms with E-state index in [-0.39, 0.29) is 84.9 Å². The Morgan fingerprint density at radius 3 is 1.53 bits per heavy atom. The summed E-state index contributed by atoms with van der Waals surface area (Å²) in [5.74, 6) is 2.49. The van der Waals surface area contributed by atoms with Gasteiger partial charge in [0.1, 0.15) is 61.2 Å². The van der Waals surface area contributed by atoms with Gasteiger partial charge in [-0.05, 0) is 89.5 Å². The third-order valence-corrected chi connectivity index (χ3v) is 24.2. The molecule has 24 nitrogen and oxygen atoms in total. The van der Waals surface area contributed by atoms with Crippen molar-refractivity contribution in [2.45, 2.75) is 46.2 Å². The molecule has 0 spiro atoms. The number of carbonyl (C=O) groups excluding carboxylic acids is 2. The van der Waals surface area contributed by atoms with E-state index in [1.54, 1.807) is 34.3 Å². The van der Waals surface area contributed by atoms with E-state index in [0.29, 0.717) is 95.1 Å². The van der Waals surface area contributed by atoms with E-state index in [0.717, 1.165) is 34.2 Å². The third-order valence-electron chi connectivity index (χ3n) is 20.4. The first-order valence-corrected chi connectivity index (χ1v) is 39.8. The van der Waals surface area contributed by atoms with Gasteiger partial charge in [0.15, 0.2) is 23.0 Å². The van der Waals surface area contributed by atoms with Crippen molar-refractivity contribution in [3.8, 4) is 34.5 Å². The number of epoxide rings is 1. The number of amides is 2. The lowest BCUT2D eigenvalue weighted by Gasteiger charge is -2.44. The van der Waals surface area contributed by atoms with Gasteiger partial charge in [-0.1, -0.05) is 103 Å². The van der Waals surface area contributed by atoms with Crippen molar-refractivity contribution in [1.29, 1.82) is 0 Å². The van der Waals surface area contributed by atoms with E-state index < -0.39 is 38.2 Å². The minimum Gasteiger partial charge on any atom is -0.493 e. The molecule has 110 heavy (non-hydrogen) atoms. The molecule has 3 unspecified atom stereocenters. The fourth-order valence-electron chi connectivity index (χ4n) is 14.7. The van der Waals surface area contributed by atoms with Crippen LogP contribution in [0.4, 0.5) is 0 Å². The van der Waals surface area contributed by atoms with Crippen molar-refractivity contribution in [2.75, 3.05) is 146 Å². The summed E-state index contributed by atoms with van der Waals surface area (Å²) in [7, 11) is -2.20. The summed E-state index contributed by atoms with van der Waals surface area (Å²) in [6.07, 6.45) is 14.0. The van der Waals surface area contributed by atoms with Gasteiger partial charge >= 0.3 is 0 Å². The molecule has 5 fully saturated rings. The van der Waals surface area contributed by atoms with Crippen molar-refractivity contribution in [3.63, 3.8) is 0 Å². The van der Waals surface area contributed by atoms with Crippen LogP contribution >= 0.6 is 0 Å². The minimum absolute atomic E-state index is 0.00722. The highest BCUT2D eigenvalue weighted by Gasteiger charge is 2.45. The summed E-state index contributed by atoms with van der Waals surface area (Å²) in [6.45, 7) is 7.55. The van der Waals surface area contributed by atoms with Crippen molar-refractivity contribution in [1.82, 2.24) is 48.4 Å². The number of aliphatic hydroxyl groups is 1. The van der Waals surface area contributed by atoms with Crippen LogP contribution in [-0.4, -0.2) is 248 Å². The Morgan fingerprint density at radius 1 is 0.536 bits per heavy atom. The first-order valence-electron chi connectivity index (χ1n) is 36.9. The van der Waals surface area contributed by atoms with E-state index >= 15 is 0 Å². The molecule has 7 aromatic carbocycles. The minimum atomic E-state index is -4.15. The number of pyridine rings is 2. The number of hydrogen-bond acceptors (Lipinski definition) is 20. The van der Waals surface area contributed by atoms with Crippen molar-refractivity contribution >= 4 is 53.7 Å². The maximum Gasteiger partial charge on any atom is 0.244 e. The molecule has 0 saturated carbocycles. The van der Waals surface area contributed by atoms with E-state index in [2.05, 4.69) is 79.7 Å². The number of sulfonamides is 2. The van der Waals surface area contributed by atoms with Crippen LogP contribution < -0.4 is 33.7 Å². The maximum absolute atomic E-state index is 14.6. The average molecular weight is 1530 g/mol. The molecule has 9 aromatic rings. The maximum atomic E-state index is 14.6. The normalized spacial score (nSPS) is 19.2. The highest BCUT2D eigenvalue weighted by atomic mass is 32.2. The Morgan fingerprint density at radius 2 is 1.03 bits per heavy atom. The zero-order valence-electron chi connectivity index (χ0n) is 62.1. The van der Waals surface area contributed by atoms with Crippen LogP contribution in [0.15, 0.2) is 240 Å². The van der Waals surface area contributed by atoms with Crippen LogP contribution in [0.2, 0.25) is 0 Å². The molecule has 2 N–H and O–H groups in total. The summed E-state index contributed by atoms with van der Waals surface area (Å²) in [5.41, 5.74) is 6.46. The van der Waals surface area contributed by atoms with E-state index in [9.17, 15) is 31.5 Å². The van der Waals surface area contributed by atoms with Gasteiger partial charge in [0.05, 0.1) is 85.7 Å². The number of allylic oxidation sites excluding steroid dienone is 4.